The fraction of sp³-hybridized carbons (Fsp3) is 0.944. The first-order valence-electron chi connectivity index (χ1n) is 9.05. The van der Waals surface area contributed by atoms with Crippen molar-refractivity contribution in [2.75, 3.05) is 6.54 Å². The highest BCUT2D eigenvalue weighted by atomic mass is 16.2. The van der Waals surface area contributed by atoms with Gasteiger partial charge >= 0.3 is 0 Å². The number of amides is 1. The Balaban J connectivity index is 1.42. The summed E-state index contributed by atoms with van der Waals surface area (Å²) in [5.74, 6) is 4.16. The van der Waals surface area contributed by atoms with E-state index in [0.29, 0.717) is 11.9 Å². The standard InChI is InChI=1S/C18H27NO/c20-17(19-5-1-2-16(19)15-3-4-15)18-9-12-6-13(10-18)8-14(7-12)11-18/h12-16H,1-11H2. The van der Waals surface area contributed by atoms with E-state index in [1.165, 1.54) is 64.2 Å². The Morgan fingerprint density at radius 1 is 0.900 bits per heavy atom. The molecule has 1 saturated heterocycles. The van der Waals surface area contributed by atoms with E-state index in [1.54, 1.807) is 0 Å². The van der Waals surface area contributed by atoms with Crippen LogP contribution in [-0.4, -0.2) is 23.4 Å². The lowest BCUT2D eigenvalue weighted by Crippen LogP contribution is -2.55. The molecule has 1 heterocycles. The number of likely N-dealkylation sites (tertiary alicyclic amines) is 1. The van der Waals surface area contributed by atoms with Crippen LogP contribution in [0.3, 0.4) is 0 Å². The van der Waals surface area contributed by atoms with Crippen molar-refractivity contribution in [3.63, 3.8) is 0 Å². The summed E-state index contributed by atoms with van der Waals surface area (Å²) < 4.78 is 0. The molecule has 5 saturated carbocycles. The summed E-state index contributed by atoms with van der Waals surface area (Å²) in [7, 11) is 0. The van der Waals surface area contributed by atoms with E-state index in [2.05, 4.69) is 4.90 Å². The molecule has 20 heavy (non-hydrogen) atoms. The van der Waals surface area contributed by atoms with Crippen molar-refractivity contribution in [3.8, 4) is 0 Å². The van der Waals surface area contributed by atoms with Crippen LogP contribution in [0, 0.1) is 29.1 Å². The second kappa shape index (κ2) is 4.01. The van der Waals surface area contributed by atoms with Crippen LogP contribution in [0.25, 0.3) is 0 Å². The molecule has 1 unspecified atom stereocenters. The van der Waals surface area contributed by atoms with Gasteiger partial charge in [0.25, 0.3) is 0 Å². The lowest BCUT2D eigenvalue weighted by atomic mass is 9.49. The van der Waals surface area contributed by atoms with Crippen molar-refractivity contribution in [3.05, 3.63) is 0 Å². The molecule has 0 radical (unpaired) electrons. The number of hydrogen-bond acceptors (Lipinski definition) is 1. The van der Waals surface area contributed by atoms with Gasteiger partial charge in [-0.15, -0.1) is 0 Å². The third-order valence-electron chi connectivity index (χ3n) is 7.22. The molecule has 2 heteroatoms. The maximum Gasteiger partial charge on any atom is 0.229 e. The molecule has 0 spiro atoms. The third-order valence-corrected chi connectivity index (χ3v) is 7.22. The minimum atomic E-state index is 0.103. The zero-order valence-corrected chi connectivity index (χ0v) is 12.5. The van der Waals surface area contributed by atoms with E-state index >= 15 is 0 Å². The molecule has 2 nitrogen and oxygen atoms in total. The molecule has 6 aliphatic rings. The zero-order chi connectivity index (χ0) is 13.3. The first-order chi connectivity index (χ1) is 9.73. The van der Waals surface area contributed by atoms with Crippen LogP contribution in [-0.2, 0) is 4.79 Å². The van der Waals surface area contributed by atoms with Crippen LogP contribution < -0.4 is 0 Å². The molecule has 6 fully saturated rings. The third kappa shape index (κ3) is 1.66. The highest BCUT2D eigenvalue weighted by molar-refractivity contribution is 5.84. The van der Waals surface area contributed by atoms with Gasteiger partial charge in [0.2, 0.25) is 5.91 Å². The minimum absolute atomic E-state index is 0.103. The van der Waals surface area contributed by atoms with Gasteiger partial charge < -0.3 is 4.90 Å². The lowest BCUT2D eigenvalue weighted by Gasteiger charge is -2.56. The van der Waals surface area contributed by atoms with Crippen molar-refractivity contribution < 1.29 is 4.79 Å². The van der Waals surface area contributed by atoms with E-state index in [4.69, 9.17) is 0 Å². The smallest absolute Gasteiger partial charge is 0.229 e. The number of carbonyl (C=O) groups is 1. The summed E-state index contributed by atoms with van der Waals surface area (Å²) in [6.45, 7) is 1.07. The number of hydrogen-bond donors (Lipinski definition) is 0. The number of rotatable bonds is 2. The van der Waals surface area contributed by atoms with Gasteiger partial charge in [0.15, 0.2) is 0 Å². The van der Waals surface area contributed by atoms with Crippen LogP contribution in [0.2, 0.25) is 0 Å². The summed E-state index contributed by atoms with van der Waals surface area (Å²) in [5.41, 5.74) is 0.103. The quantitative estimate of drug-likeness (QED) is 0.752. The van der Waals surface area contributed by atoms with Gasteiger partial charge in [0.05, 0.1) is 5.41 Å². The summed E-state index contributed by atoms with van der Waals surface area (Å²) >= 11 is 0. The first-order valence-corrected chi connectivity index (χ1v) is 9.05. The van der Waals surface area contributed by atoms with Crippen LogP contribution in [0.4, 0.5) is 0 Å². The van der Waals surface area contributed by atoms with Gasteiger partial charge in [-0.25, -0.2) is 0 Å². The second-order valence-electron chi connectivity index (χ2n) is 8.74. The monoisotopic (exact) mass is 273 g/mol. The van der Waals surface area contributed by atoms with E-state index < -0.39 is 0 Å². The Kier molecular flexibility index (Phi) is 2.42. The molecule has 1 aliphatic heterocycles. The van der Waals surface area contributed by atoms with E-state index in [0.717, 1.165) is 30.2 Å². The maximum absolute atomic E-state index is 13.4. The van der Waals surface area contributed by atoms with Crippen LogP contribution in [0.1, 0.15) is 64.2 Å². The summed E-state index contributed by atoms with van der Waals surface area (Å²) in [5, 5.41) is 0. The van der Waals surface area contributed by atoms with Crippen molar-refractivity contribution in [2.45, 2.75) is 70.3 Å². The van der Waals surface area contributed by atoms with Crippen molar-refractivity contribution in [2.24, 2.45) is 29.1 Å². The predicted octanol–water partition coefficient (Wildman–Crippen LogP) is 3.60. The van der Waals surface area contributed by atoms with E-state index in [1.807, 2.05) is 0 Å². The Morgan fingerprint density at radius 2 is 1.50 bits per heavy atom. The largest absolute Gasteiger partial charge is 0.339 e. The molecule has 0 N–H and O–H groups in total. The van der Waals surface area contributed by atoms with Crippen molar-refractivity contribution in [1.82, 2.24) is 4.90 Å². The molecule has 0 aromatic rings. The average Bonchev–Trinajstić information content (AvgIpc) is 3.14. The minimum Gasteiger partial charge on any atom is -0.339 e. The molecular weight excluding hydrogens is 246 g/mol. The van der Waals surface area contributed by atoms with Gasteiger partial charge in [-0.05, 0) is 87.9 Å². The Labute approximate surface area is 122 Å². The molecule has 0 aromatic heterocycles. The zero-order valence-electron chi connectivity index (χ0n) is 12.5. The highest BCUT2D eigenvalue weighted by Crippen LogP contribution is 2.61. The SMILES string of the molecule is O=C(N1CCCC1C1CC1)C12CC3CC(CC(C3)C1)C2. The average molecular weight is 273 g/mol. The van der Waals surface area contributed by atoms with Gasteiger partial charge in [-0.3, -0.25) is 4.79 Å². The second-order valence-corrected chi connectivity index (χ2v) is 8.74. The Hall–Kier alpha value is -0.530. The molecular formula is C18H27NO. The highest BCUT2D eigenvalue weighted by Gasteiger charge is 2.57. The van der Waals surface area contributed by atoms with Crippen LogP contribution in [0.5, 0.6) is 0 Å². The van der Waals surface area contributed by atoms with Gasteiger partial charge in [-0.1, -0.05) is 0 Å². The summed E-state index contributed by atoms with van der Waals surface area (Å²) in [6, 6.07) is 0.635. The van der Waals surface area contributed by atoms with Gasteiger partial charge in [-0.2, -0.15) is 0 Å². The molecule has 110 valence electrons. The molecule has 5 aliphatic carbocycles. The topological polar surface area (TPSA) is 20.3 Å². The van der Waals surface area contributed by atoms with Gasteiger partial charge in [0.1, 0.15) is 0 Å². The fourth-order valence-electron chi connectivity index (χ4n) is 6.69. The molecule has 4 bridgehead atoms. The number of nitrogens with zero attached hydrogens (tertiary/aromatic N) is 1. The first kappa shape index (κ1) is 12.1. The maximum atomic E-state index is 13.4. The fourth-order valence-corrected chi connectivity index (χ4v) is 6.69. The van der Waals surface area contributed by atoms with E-state index in [-0.39, 0.29) is 5.41 Å². The normalized spacial score (nSPS) is 49.9. The van der Waals surface area contributed by atoms with Crippen molar-refractivity contribution in [1.29, 1.82) is 0 Å². The summed E-state index contributed by atoms with van der Waals surface area (Å²) in [4.78, 5) is 15.7. The number of carbonyl (C=O) groups excluding carboxylic acids is 1. The van der Waals surface area contributed by atoms with Crippen LogP contribution >= 0.6 is 0 Å². The van der Waals surface area contributed by atoms with Gasteiger partial charge in [0, 0.05) is 12.6 Å². The molecule has 1 amide bonds. The molecule has 6 rings (SSSR count). The summed E-state index contributed by atoms with van der Waals surface area (Å²) in [6.07, 6.45) is 13.4. The Morgan fingerprint density at radius 3 is 2.05 bits per heavy atom. The van der Waals surface area contributed by atoms with Crippen molar-refractivity contribution >= 4 is 5.91 Å². The Bertz CT molecular complexity index is 403. The molecule has 0 aromatic carbocycles. The predicted molar refractivity (Wildman–Crippen MR) is 78.1 cm³/mol. The lowest BCUT2D eigenvalue weighted by molar-refractivity contribution is -0.158. The molecule has 1 atom stereocenters. The van der Waals surface area contributed by atoms with Crippen LogP contribution in [0.15, 0.2) is 0 Å². The van der Waals surface area contributed by atoms with E-state index in [9.17, 15) is 4.79 Å².